The molecule has 1 N–H and O–H groups in total. The van der Waals surface area contributed by atoms with Crippen molar-refractivity contribution in [3.05, 3.63) is 69.5 Å². The van der Waals surface area contributed by atoms with Crippen molar-refractivity contribution in [3.63, 3.8) is 0 Å². The van der Waals surface area contributed by atoms with Gasteiger partial charge in [0.2, 0.25) is 0 Å². The van der Waals surface area contributed by atoms with Crippen LogP contribution in [0.15, 0.2) is 42.5 Å². The Balaban J connectivity index is 2.38. The highest BCUT2D eigenvalue weighted by Gasteiger charge is 2.27. The number of nitrogens with zero attached hydrogens (tertiary/aromatic N) is 2. The second-order valence-corrected chi connectivity index (χ2v) is 4.67. The smallest absolute Gasteiger partial charge is 0.323 e. The predicted molar refractivity (Wildman–Crippen MR) is 81.9 cm³/mol. The van der Waals surface area contributed by atoms with Crippen LogP contribution in [0, 0.1) is 27.3 Å². The van der Waals surface area contributed by atoms with Gasteiger partial charge in [0.25, 0.3) is 5.91 Å². The van der Waals surface area contributed by atoms with Crippen molar-refractivity contribution in [1.82, 2.24) is 5.32 Å². The van der Waals surface area contributed by atoms with Crippen molar-refractivity contribution in [1.29, 1.82) is 5.26 Å². The number of methoxy groups -OCH3 is 1. The van der Waals surface area contributed by atoms with Gasteiger partial charge in [0, 0.05) is 5.56 Å². The lowest BCUT2D eigenvalue weighted by molar-refractivity contribution is -0.386. The number of amides is 1. The minimum absolute atomic E-state index is 0.0288. The summed E-state index contributed by atoms with van der Waals surface area (Å²) in [7, 11) is 1.24. The molecule has 0 saturated carbocycles. The number of nitro benzene ring substituents is 1. The standard InChI is InChI=1S/C16H12FN3O4/c1-24-14-8-4-6-11(15(14)20(22)23)16(21)19-13(9-18)10-5-2-3-7-12(10)17/h2-8,13H,1H3,(H,19,21)/t13-/m0/s1. The number of hydrogen-bond acceptors (Lipinski definition) is 5. The van der Waals surface area contributed by atoms with E-state index in [-0.39, 0.29) is 16.9 Å². The maximum absolute atomic E-state index is 13.8. The van der Waals surface area contributed by atoms with Crippen LogP contribution >= 0.6 is 0 Å². The first kappa shape index (κ1) is 16.9. The molecule has 0 aliphatic heterocycles. The Kier molecular flexibility index (Phi) is 5.06. The predicted octanol–water partition coefficient (Wildman–Crippen LogP) is 2.74. The highest BCUT2D eigenvalue weighted by Crippen LogP contribution is 2.31. The molecule has 2 aromatic carbocycles. The van der Waals surface area contributed by atoms with Crippen molar-refractivity contribution >= 4 is 11.6 Å². The van der Waals surface area contributed by atoms with E-state index in [4.69, 9.17) is 4.74 Å². The Morgan fingerprint density at radius 2 is 2.04 bits per heavy atom. The number of nitrogens with one attached hydrogen (secondary N) is 1. The number of hydrogen-bond donors (Lipinski definition) is 1. The molecule has 2 aromatic rings. The highest BCUT2D eigenvalue weighted by atomic mass is 19.1. The number of carbonyl (C=O) groups is 1. The molecule has 7 nitrogen and oxygen atoms in total. The van der Waals surface area contributed by atoms with E-state index < -0.39 is 28.4 Å². The van der Waals surface area contributed by atoms with Crippen molar-refractivity contribution in [2.45, 2.75) is 6.04 Å². The van der Waals surface area contributed by atoms with Gasteiger partial charge in [0.05, 0.1) is 18.1 Å². The molecule has 8 heteroatoms. The van der Waals surface area contributed by atoms with Gasteiger partial charge in [-0.3, -0.25) is 14.9 Å². The third kappa shape index (κ3) is 3.30. The topological polar surface area (TPSA) is 105 Å². The van der Waals surface area contributed by atoms with E-state index in [9.17, 15) is 24.6 Å². The Morgan fingerprint density at radius 1 is 1.33 bits per heavy atom. The molecule has 122 valence electrons. The average Bonchev–Trinajstić information content (AvgIpc) is 2.59. The summed E-state index contributed by atoms with van der Waals surface area (Å²) < 4.78 is 18.7. The molecule has 0 spiro atoms. The summed E-state index contributed by atoms with van der Waals surface area (Å²) in [6.45, 7) is 0. The molecule has 0 heterocycles. The third-order valence-electron chi connectivity index (χ3n) is 3.27. The van der Waals surface area contributed by atoms with Crippen LogP contribution in [0.1, 0.15) is 22.0 Å². The lowest BCUT2D eigenvalue weighted by Crippen LogP contribution is -2.28. The SMILES string of the molecule is COc1cccc(C(=O)N[C@@H](C#N)c2ccccc2F)c1[N+](=O)[O-]. The van der Waals surface area contributed by atoms with Crippen LogP contribution in [-0.4, -0.2) is 17.9 Å². The molecule has 0 aromatic heterocycles. The maximum Gasteiger partial charge on any atom is 0.323 e. The Bertz CT molecular complexity index is 832. The van der Waals surface area contributed by atoms with Gasteiger partial charge in [-0.2, -0.15) is 5.26 Å². The molecule has 24 heavy (non-hydrogen) atoms. The summed E-state index contributed by atoms with van der Waals surface area (Å²) in [5.41, 5.74) is -0.836. The summed E-state index contributed by atoms with van der Waals surface area (Å²) in [5, 5.41) is 22.7. The van der Waals surface area contributed by atoms with Crippen LogP contribution in [0.25, 0.3) is 0 Å². The van der Waals surface area contributed by atoms with Crippen LogP contribution in [0.4, 0.5) is 10.1 Å². The van der Waals surface area contributed by atoms with Crippen molar-refractivity contribution < 1.29 is 18.8 Å². The van der Waals surface area contributed by atoms with E-state index in [0.29, 0.717) is 0 Å². The van der Waals surface area contributed by atoms with Crippen LogP contribution in [0.2, 0.25) is 0 Å². The summed E-state index contributed by atoms with van der Waals surface area (Å²) >= 11 is 0. The fourth-order valence-electron chi connectivity index (χ4n) is 2.16. The van der Waals surface area contributed by atoms with Crippen LogP contribution in [0.3, 0.4) is 0 Å². The Labute approximate surface area is 136 Å². The molecule has 0 fully saturated rings. The fourth-order valence-corrected chi connectivity index (χ4v) is 2.16. The van der Waals surface area contributed by atoms with Gasteiger partial charge in [0.1, 0.15) is 17.4 Å². The van der Waals surface area contributed by atoms with E-state index in [0.717, 1.165) is 6.07 Å². The molecule has 0 bridgehead atoms. The van der Waals surface area contributed by atoms with E-state index in [1.54, 1.807) is 6.07 Å². The molecule has 2 rings (SSSR count). The minimum Gasteiger partial charge on any atom is -0.490 e. The quantitative estimate of drug-likeness (QED) is 0.670. The Hall–Kier alpha value is -3.47. The lowest BCUT2D eigenvalue weighted by atomic mass is 10.1. The van der Waals surface area contributed by atoms with Gasteiger partial charge in [0.15, 0.2) is 5.75 Å². The lowest BCUT2D eigenvalue weighted by Gasteiger charge is -2.13. The number of benzene rings is 2. The molecular weight excluding hydrogens is 317 g/mol. The van der Waals surface area contributed by atoms with Crippen LogP contribution in [0.5, 0.6) is 5.75 Å². The van der Waals surface area contributed by atoms with Crippen molar-refractivity contribution in [2.24, 2.45) is 0 Å². The van der Waals surface area contributed by atoms with Gasteiger partial charge in [-0.1, -0.05) is 24.3 Å². The minimum atomic E-state index is -1.29. The first-order valence-corrected chi connectivity index (χ1v) is 6.76. The first-order valence-electron chi connectivity index (χ1n) is 6.76. The normalized spacial score (nSPS) is 11.2. The number of nitro groups is 1. The average molecular weight is 329 g/mol. The molecule has 0 aliphatic rings. The van der Waals surface area contributed by atoms with Crippen LogP contribution < -0.4 is 10.1 Å². The molecular formula is C16H12FN3O4. The summed E-state index contributed by atoms with van der Waals surface area (Å²) in [6, 6.07) is 9.92. The second kappa shape index (κ2) is 7.19. The monoisotopic (exact) mass is 329 g/mol. The zero-order valence-corrected chi connectivity index (χ0v) is 12.5. The molecule has 0 saturated heterocycles. The summed E-state index contributed by atoms with van der Waals surface area (Å²) in [5.74, 6) is -1.63. The summed E-state index contributed by atoms with van der Waals surface area (Å²) in [4.78, 5) is 22.8. The van der Waals surface area contributed by atoms with Crippen molar-refractivity contribution in [2.75, 3.05) is 7.11 Å². The number of nitriles is 1. The number of halogens is 1. The fraction of sp³-hybridized carbons (Fsp3) is 0.125. The molecule has 0 radical (unpaired) electrons. The molecule has 0 aliphatic carbocycles. The van der Waals surface area contributed by atoms with Gasteiger partial charge in [-0.15, -0.1) is 0 Å². The number of rotatable bonds is 5. The number of para-hydroxylation sites is 1. The highest BCUT2D eigenvalue weighted by molar-refractivity contribution is 5.99. The van der Waals surface area contributed by atoms with E-state index in [1.807, 2.05) is 0 Å². The number of carbonyl (C=O) groups excluding carboxylic acids is 1. The molecule has 1 amide bonds. The first-order chi connectivity index (χ1) is 11.5. The van der Waals surface area contributed by atoms with Crippen LogP contribution in [-0.2, 0) is 0 Å². The van der Waals surface area contributed by atoms with Gasteiger partial charge < -0.3 is 10.1 Å². The molecule has 1 atom stereocenters. The van der Waals surface area contributed by atoms with E-state index >= 15 is 0 Å². The van der Waals surface area contributed by atoms with Gasteiger partial charge >= 0.3 is 5.69 Å². The summed E-state index contributed by atoms with van der Waals surface area (Å²) in [6.07, 6.45) is 0. The van der Waals surface area contributed by atoms with E-state index in [1.165, 1.54) is 43.5 Å². The zero-order chi connectivity index (χ0) is 17.7. The van der Waals surface area contributed by atoms with Gasteiger partial charge in [-0.05, 0) is 18.2 Å². The zero-order valence-electron chi connectivity index (χ0n) is 12.5. The molecule has 0 unspecified atom stereocenters. The third-order valence-corrected chi connectivity index (χ3v) is 3.27. The van der Waals surface area contributed by atoms with Crippen molar-refractivity contribution in [3.8, 4) is 11.8 Å². The second-order valence-electron chi connectivity index (χ2n) is 4.67. The Morgan fingerprint density at radius 3 is 2.62 bits per heavy atom. The van der Waals surface area contributed by atoms with Gasteiger partial charge in [-0.25, -0.2) is 4.39 Å². The largest absolute Gasteiger partial charge is 0.490 e. The number of ether oxygens (including phenoxy) is 1. The van der Waals surface area contributed by atoms with E-state index in [2.05, 4.69) is 5.32 Å². The maximum atomic E-state index is 13.8.